The van der Waals surface area contributed by atoms with Gasteiger partial charge < -0.3 is 0 Å². The molecule has 0 heterocycles. The molecule has 0 saturated carbocycles. The second kappa shape index (κ2) is 3.91. The number of carbonyl (C=O) groups is 2. The lowest BCUT2D eigenvalue weighted by Gasteiger charge is -2.14. The van der Waals surface area contributed by atoms with Gasteiger partial charge in [-0.15, -0.1) is 0 Å². The third-order valence-corrected chi connectivity index (χ3v) is 3.37. The van der Waals surface area contributed by atoms with Gasteiger partial charge in [0.1, 0.15) is 0 Å². The minimum Gasteiger partial charge on any atom is -0.285 e. The van der Waals surface area contributed by atoms with Crippen molar-refractivity contribution >= 4 is 28.4 Å². The van der Waals surface area contributed by atoms with E-state index in [1.807, 2.05) is 49.4 Å². The van der Waals surface area contributed by atoms with Crippen LogP contribution in [0.25, 0.3) is 16.8 Å². The summed E-state index contributed by atoms with van der Waals surface area (Å²) in [6.45, 7) is 1.89. The summed E-state index contributed by atoms with van der Waals surface area (Å²) in [7, 11) is 0. The Bertz CT molecular complexity index is 708. The number of fused-ring (bicyclic) bond motifs is 2. The maximum absolute atomic E-state index is 12.0. The van der Waals surface area contributed by atoms with Crippen molar-refractivity contribution in [2.24, 2.45) is 0 Å². The quantitative estimate of drug-likeness (QED) is 0.711. The van der Waals surface area contributed by atoms with Crippen LogP contribution in [0.2, 0.25) is 0 Å². The standard InChI is InChI=1S/C16H12O2/c1-2-10-7-13-8-11-5-3-4-6-12(11)9-14(13)16(18)15(10)17/h3-9H,2H2,1H3. The summed E-state index contributed by atoms with van der Waals surface area (Å²) in [4.78, 5) is 23.9. The molecule has 2 heteroatoms. The minimum absolute atomic E-state index is 0.361. The number of rotatable bonds is 1. The predicted octanol–water partition coefficient (Wildman–Crippen LogP) is 3.40. The molecule has 0 N–H and O–H groups in total. The molecule has 0 radical (unpaired) electrons. The van der Waals surface area contributed by atoms with Gasteiger partial charge in [0.2, 0.25) is 11.6 Å². The molecule has 2 nitrogen and oxygen atoms in total. The van der Waals surface area contributed by atoms with E-state index in [-0.39, 0.29) is 11.6 Å². The predicted molar refractivity (Wildman–Crippen MR) is 71.6 cm³/mol. The van der Waals surface area contributed by atoms with Crippen molar-refractivity contribution in [2.45, 2.75) is 13.3 Å². The van der Waals surface area contributed by atoms with E-state index in [0.717, 1.165) is 16.3 Å². The van der Waals surface area contributed by atoms with E-state index in [4.69, 9.17) is 0 Å². The SMILES string of the molecule is CCC1=Cc2cc3ccccc3cc2C(=O)C1=O. The number of allylic oxidation sites excluding steroid dienone is 1. The van der Waals surface area contributed by atoms with Gasteiger partial charge in [0, 0.05) is 11.1 Å². The van der Waals surface area contributed by atoms with Gasteiger partial charge in [-0.3, -0.25) is 9.59 Å². The molecule has 0 unspecified atom stereocenters. The summed E-state index contributed by atoms with van der Waals surface area (Å²) in [5.74, 6) is -0.740. The van der Waals surface area contributed by atoms with Gasteiger partial charge in [-0.05, 0) is 41.0 Å². The topological polar surface area (TPSA) is 34.1 Å². The lowest BCUT2D eigenvalue weighted by molar-refractivity contribution is -0.111. The van der Waals surface area contributed by atoms with Gasteiger partial charge >= 0.3 is 0 Å². The largest absolute Gasteiger partial charge is 0.285 e. The Balaban J connectivity index is 2.32. The average Bonchev–Trinajstić information content (AvgIpc) is 2.41. The highest BCUT2D eigenvalue weighted by Crippen LogP contribution is 2.27. The molecule has 1 aliphatic rings. The number of hydrogen-bond donors (Lipinski definition) is 0. The zero-order valence-corrected chi connectivity index (χ0v) is 10.1. The minimum atomic E-state index is -0.380. The summed E-state index contributed by atoms with van der Waals surface area (Å²) in [5.41, 5.74) is 1.98. The second-order valence-electron chi connectivity index (χ2n) is 4.47. The zero-order valence-electron chi connectivity index (χ0n) is 10.1. The molecule has 18 heavy (non-hydrogen) atoms. The van der Waals surface area contributed by atoms with Crippen molar-refractivity contribution < 1.29 is 9.59 Å². The number of Topliss-reactive ketones (excluding diaryl/α,β-unsaturated/α-hetero) is 2. The Morgan fingerprint density at radius 1 is 0.944 bits per heavy atom. The monoisotopic (exact) mass is 236 g/mol. The van der Waals surface area contributed by atoms with Gasteiger partial charge in [0.25, 0.3) is 0 Å². The van der Waals surface area contributed by atoms with Crippen LogP contribution in [0.1, 0.15) is 29.3 Å². The highest BCUT2D eigenvalue weighted by molar-refractivity contribution is 6.52. The summed E-state index contributed by atoms with van der Waals surface area (Å²) in [6.07, 6.45) is 2.43. The Morgan fingerprint density at radius 2 is 1.61 bits per heavy atom. The molecular weight excluding hydrogens is 224 g/mol. The Labute approximate surface area is 105 Å². The number of carbonyl (C=O) groups excluding carboxylic acids is 2. The molecule has 2 aromatic rings. The zero-order chi connectivity index (χ0) is 12.7. The number of benzene rings is 2. The van der Waals surface area contributed by atoms with Gasteiger partial charge in [-0.2, -0.15) is 0 Å². The first-order valence-corrected chi connectivity index (χ1v) is 6.03. The maximum Gasteiger partial charge on any atom is 0.233 e. The lowest BCUT2D eigenvalue weighted by atomic mass is 9.87. The molecule has 0 spiro atoms. The van der Waals surface area contributed by atoms with Gasteiger partial charge in [-0.25, -0.2) is 0 Å². The van der Waals surface area contributed by atoms with Crippen LogP contribution >= 0.6 is 0 Å². The summed E-state index contributed by atoms with van der Waals surface area (Å²) < 4.78 is 0. The van der Waals surface area contributed by atoms with Crippen molar-refractivity contribution in [3.05, 3.63) is 53.1 Å². The van der Waals surface area contributed by atoms with E-state index >= 15 is 0 Å². The smallest absolute Gasteiger partial charge is 0.233 e. The Morgan fingerprint density at radius 3 is 2.28 bits per heavy atom. The van der Waals surface area contributed by atoms with Gasteiger partial charge in [0.15, 0.2) is 0 Å². The molecule has 3 rings (SSSR count). The lowest BCUT2D eigenvalue weighted by Crippen LogP contribution is -2.21. The Kier molecular flexibility index (Phi) is 2.37. The van der Waals surface area contributed by atoms with Crippen LogP contribution in [0.4, 0.5) is 0 Å². The second-order valence-corrected chi connectivity index (χ2v) is 4.47. The van der Waals surface area contributed by atoms with E-state index < -0.39 is 0 Å². The van der Waals surface area contributed by atoms with Crippen molar-refractivity contribution in [3.8, 4) is 0 Å². The highest BCUT2D eigenvalue weighted by Gasteiger charge is 2.26. The van der Waals surface area contributed by atoms with Crippen molar-refractivity contribution in [1.82, 2.24) is 0 Å². The van der Waals surface area contributed by atoms with Crippen molar-refractivity contribution in [2.75, 3.05) is 0 Å². The molecule has 0 aliphatic heterocycles. The van der Waals surface area contributed by atoms with E-state index in [1.54, 1.807) is 0 Å². The molecule has 0 atom stereocenters. The number of ketones is 2. The van der Waals surface area contributed by atoms with Crippen LogP contribution in [0.15, 0.2) is 42.0 Å². The third-order valence-electron chi connectivity index (χ3n) is 3.37. The Hall–Kier alpha value is -2.22. The molecule has 1 aliphatic carbocycles. The molecule has 0 aromatic heterocycles. The van der Waals surface area contributed by atoms with E-state index in [1.165, 1.54) is 0 Å². The van der Waals surface area contributed by atoms with Gasteiger partial charge in [-0.1, -0.05) is 31.2 Å². The fourth-order valence-electron chi connectivity index (χ4n) is 2.36. The maximum atomic E-state index is 12.0. The van der Waals surface area contributed by atoms with Crippen LogP contribution in [0, 0.1) is 0 Å². The first kappa shape index (κ1) is 10.9. The van der Waals surface area contributed by atoms with Crippen molar-refractivity contribution in [3.63, 3.8) is 0 Å². The molecule has 0 fully saturated rings. The first-order chi connectivity index (χ1) is 8.70. The average molecular weight is 236 g/mol. The van der Waals surface area contributed by atoms with Crippen LogP contribution in [-0.4, -0.2) is 11.6 Å². The third kappa shape index (κ3) is 1.50. The van der Waals surface area contributed by atoms with E-state index in [0.29, 0.717) is 17.6 Å². The molecule has 0 bridgehead atoms. The summed E-state index contributed by atoms with van der Waals surface area (Å²) in [5, 5.41) is 2.08. The fourth-order valence-corrected chi connectivity index (χ4v) is 2.36. The number of hydrogen-bond acceptors (Lipinski definition) is 2. The van der Waals surface area contributed by atoms with E-state index in [2.05, 4.69) is 0 Å². The van der Waals surface area contributed by atoms with Crippen LogP contribution in [0.5, 0.6) is 0 Å². The van der Waals surface area contributed by atoms with Crippen LogP contribution in [-0.2, 0) is 4.79 Å². The van der Waals surface area contributed by atoms with Crippen LogP contribution in [0.3, 0.4) is 0 Å². The summed E-state index contributed by atoms with van der Waals surface area (Å²) >= 11 is 0. The van der Waals surface area contributed by atoms with Crippen LogP contribution < -0.4 is 0 Å². The molecular formula is C16H12O2. The fraction of sp³-hybridized carbons (Fsp3) is 0.125. The molecule has 88 valence electrons. The van der Waals surface area contributed by atoms with E-state index in [9.17, 15) is 9.59 Å². The molecule has 2 aromatic carbocycles. The molecule has 0 saturated heterocycles. The normalized spacial score (nSPS) is 14.6. The van der Waals surface area contributed by atoms with Gasteiger partial charge in [0.05, 0.1) is 0 Å². The highest BCUT2D eigenvalue weighted by atomic mass is 16.2. The first-order valence-electron chi connectivity index (χ1n) is 6.03. The summed E-state index contributed by atoms with van der Waals surface area (Å²) in [6, 6.07) is 11.6. The van der Waals surface area contributed by atoms with Crippen molar-refractivity contribution in [1.29, 1.82) is 0 Å². The molecule has 0 amide bonds.